The van der Waals surface area contributed by atoms with Crippen molar-refractivity contribution >= 4 is 27.5 Å². The summed E-state index contributed by atoms with van der Waals surface area (Å²) in [6, 6.07) is 14.9. The van der Waals surface area contributed by atoms with E-state index in [0.29, 0.717) is 5.69 Å². The van der Waals surface area contributed by atoms with Crippen LogP contribution < -0.4 is 11.0 Å². The summed E-state index contributed by atoms with van der Waals surface area (Å²) in [6.07, 6.45) is 3.27. The van der Waals surface area contributed by atoms with E-state index in [4.69, 9.17) is 0 Å². The van der Waals surface area contributed by atoms with E-state index in [2.05, 4.69) is 21.2 Å². The zero-order valence-corrected chi connectivity index (χ0v) is 14.7. The molecule has 0 fully saturated rings. The van der Waals surface area contributed by atoms with Crippen LogP contribution in [0.25, 0.3) is 5.69 Å². The normalized spacial score (nSPS) is 10.6. The molecule has 0 spiro atoms. The van der Waals surface area contributed by atoms with E-state index in [1.807, 2.05) is 55.5 Å². The first-order valence-electron chi connectivity index (χ1n) is 7.43. The van der Waals surface area contributed by atoms with Crippen molar-refractivity contribution in [3.63, 3.8) is 0 Å². The Labute approximate surface area is 147 Å². The van der Waals surface area contributed by atoms with Crippen molar-refractivity contribution in [1.82, 2.24) is 9.13 Å². The van der Waals surface area contributed by atoms with Crippen LogP contribution in [0.5, 0.6) is 0 Å². The monoisotopic (exact) mass is 385 g/mol. The summed E-state index contributed by atoms with van der Waals surface area (Å²) in [5, 5.41) is 2.79. The number of rotatable bonds is 4. The van der Waals surface area contributed by atoms with Crippen LogP contribution in [-0.4, -0.2) is 15.0 Å². The number of hydrogen-bond acceptors (Lipinski definition) is 2. The summed E-state index contributed by atoms with van der Waals surface area (Å²) in [6.45, 7) is 1.95. The molecule has 5 nitrogen and oxygen atoms in total. The first-order chi connectivity index (χ1) is 11.5. The number of amides is 1. The Morgan fingerprint density at radius 2 is 1.71 bits per heavy atom. The lowest BCUT2D eigenvalue weighted by Gasteiger charge is -2.06. The number of anilines is 1. The fourth-order valence-corrected chi connectivity index (χ4v) is 2.59. The molecule has 0 radical (unpaired) electrons. The molecule has 6 heteroatoms. The van der Waals surface area contributed by atoms with Crippen LogP contribution in [0, 0.1) is 6.92 Å². The van der Waals surface area contributed by atoms with Gasteiger partial charge in [0.2, 0.25) is 5.91 Å². The molecule has 3 aromatic rings. The predicted octanol–water partition coefficient (Wildman–Crippen LogP) is 3.35. The Bertz CT molecular complexity index is 909. The maximum absolute atomic E-state index is 12.4. The van der Waals surface area contributed by atoms with E-state index in [-0.39, 0.29) is 18.1 Å². The van der Waals surface area contributed by atoms with Gasteiger partial charge >= 0.3 is 5.69 Å². The van der Waals surface area contributed by atoms with Crippen molar-refractivity contribution in [3.05, 3.63) is 81.4 Å². The van der Waals surface area contributed by atoms with Gasteiger partial charge in [0.15, 0.2) is 0 Å². The number of aryl methyl sites for hydroxylation is 1. The SMILES string of the molecule is Cc1ccc(NC(=O)Cn2ccn(-c3ccc(Br)cc3)c2=O)cc1. The summed E-state index contributed by atoms with van der Waals surface area (Å²) in [7, 11) is 0. The molecule has 1 aromatic heterocycles. The van der Waals surface area contributed by atoms with Crippen molar-refractivity contribution in [3.8, 4) is 5.69 Å². The second kappa shape index (κ2) is 6.88. The highest BCUT2D eigenvalue weighted by molar-refractivity contribution is 9.10. The molecule has 0 aliphatic rings. The summed E-state index contributed by atoms with van der Waals surface area (Å²) in [4.78, 5) is 24.5. The van der Waals surface area contributed by atoms with Crippen molar-refractivity contribution in [2.45, 2.75) is 13.5 Å². The van der Waals surface area contributed by atoms with Crippen LogP contribution in [0.3, 0.4) is 0 Å². The number of aromatic nitrogens is 2. The van der Waals surface area contributed by atoms with Gasteiger partial charge in [0.25, 0.3) is 0 Å². The molecule has 0 saturated heterocycles. The molecule has 0 saturated carbocycles. The number of nitrogens with zero attached hydrogens (tertiary/aromatic N) is 2. The van der Waals surface area contributed by atoms with Crippen LogP contribution in [0.1, 0.15) is 5.56 Å². The van der Waals surface area contributed by atoms with Gasteiger partial charge in [-0.3, -0.25) is 13.9 Å². The first kappa shape index (κ1) is 16.3. The zero-order chi connectivity index (χ0) is 17.1. The van der Waals surface area contributed by atoms with Gasteiger partial charge in [0, 0.05) is 22.6 Å². The second-order valence-corrected chi connectivity index (χ2v) is 6.38. The maximum Gasteiger partial charge on any atom is 0.333 e. The van der Waals surface area contributed by atoms with E-state index in [1.54, 1.807) is 12.4 Å². The number of benzene rings is 2. The van der Waals surface area contributed by atoms with Crippen molar-refractivity contribution < 1.29 is 4.79 Å². The highest BCUT2D eigenvalue weighted by Crippen LogP contribution is 2.13. The Hall–Kier alpha value is -2.60. The highest BCUT2D eigenvalue weighted by Gasteiger charge is 2.09. The number of nitrogens with one attached hydrogen (secondary N) is 1. The number of carbonyl (C=O) groups excluding carboxylic acids is 1. The molecule has 1 amide bonds. The average Bonchev–Trinajstić information content (AvgIpc) is 2.91. The molecule has 0 atom stereocenters. The molecule has 1 N–H and O–H groups in total. The molecule has 0 unspecified atom stereocenters. The molecule has 2 aromatic carbocycles. The number of carbonyl (C=O) groups is 1. The minimum absolute atomic E-state index is 0.0315. The van der Waals surface area contributed by atoms with E-state index in [1.165, 1.54) is 9.13 Å². The smallest absolute Gasteiger partial charge is 0.325 e. The molecule has 3 rings (SSSR count). The second-order valence-electron chi connectivity index (χ2n) is 5.47. The van der Waals surface area contributed by atoms with Gasteiger partial charge in [-0.25, -0.2) is 4.79 Å². The summed E-state index contributed by atoms with van der Waals surface area (Å²) >= 11 is 3.36. The van der Waals surface area contributed by atoms with Gasteiger partial charge in [0.05, 0.1) is 5.69 Å². The number of halogens is 1. The van der Waals surface area contributed by atoms with E-state index < -0.39 is 0 Å². The summed E-state index contributed by atoms with van der Waals surface area (Å²) in [5.41, 5.74) is 2.33. The minimum atomic E-state index is -0.253. The van der Waals surface area contributed by atoms with Crippen molar-refractivity contribution in [2.75, 3.05) is 5.32 Å². The van der Waals surface area contributed by atoms with Gasteiger partial charge in [-0.15, -0.1) is 0 Å². The van der Waals surface area contributed by atoms with Crippen LogP contribution in [-0.2, 0) is 11.3 Å². The average molecular weight is 386 g/mol. The van der Waals surface area contributed by atoms with Crippen LogP contribution in [0.4, 0.5) is 5.69 Å². The lowest BCUT2D eigenvalue weighted by molar-refractivity contribution is -0.116. The summed E-state index contributed by atoms with van der Waals surface area (Å²) < 4.78 is 3.83. The Morgan fingerprint density at radius 1 is 1.04 bits per heavy atom. The molecule has 122 valence electrons. The Balaban J connectivity index is 1.74. The van der Waals surface area contributed by atoms with E-state index in [9.17, 15) is 9.59 Å². The van der Waals surface area contributed by atoms with Gasteiger partial charge in [-0.05, 0) is 43.3 Å². The largest absolute Gasteiger partial charge is 0.333 e. The molecule has 0 aliphatic carbocycles. The van der Waals surface area contributed by atoms with Crippen LogP contribution in [0.15, 0.2) is 70.2 Å². The molecule has 24 heavy (non-hydrogen) atoms. The quantitative estimate of drug-likeness (QED) is 0.748. The van der Waals surface area contributed by atoms with Crippen LogP contribution in [0.2, 0.25) is 0 Å². The lowest BCUT2D eigenvalue weighted by atomic mass is 10.2. The van der Waals surface area contributed by atoms with E-state index in [0.717, 1.165) is 15.7 Å². The number of hydrogen-bond donors (Lipinski definition) is 1. The third-order valence-electron chi connectivity index (χ3n) is 3.60. The van der Waals surface area contributed by atoms with Gasteiger partial charge in [-0.1, -0.05) is 33.6 Å². The third-order valence-corrected chi connectivity index (χ3v) is 4.13. The van der Waals surface area contributed by atoms with Gasteiger partial charge < -0.3 is 5.32 Å². The number of imidazole rings is 1. The lowest BCUT2D eigenvalue weighted by Crippen LogP contribution is -2.28. The molecular formula is C18H16BrN3O2. The predicted molar refractivity (Wildman–Crippen MR) is 97.5 cm³/mol. The van der Waals surface area contributed by atoms with Crippen LogP contribution >= 0.6 is 15.9 Å². The highest BCUT2D eigenvalue weighted by atomic mass is 79.9. The van der Waals surface area contributed by atoms with Crippen molar-refractivity contribution in [2.24, 2.45) is 0 Å². The molecule has 0 aliphatic heterocycles. The van der Waals surface area contributed by atoms with Gasteiger partial charge in [0.1, 0.15) is 6.54 Å². The Kier molecular flexibility index (Phi) is 4.66. The fraction of sp³-hybridized carbons (Fsp3) is 0.111. The zero-order valence-electron chi connectivity index (χ0n) is 13.1. The summed E-state index contributed by atoms with van der Waals surface area (Å²) in [5.74, 6) is -0.241. The standard InChI is InChI=1S/C18H16BrN3O2/c1-13-2-6-15(7-3-13)20-17(23)12-21-10-11-22(18(21)24)16-8-4-14(19)5-9-16/h2-11H,12H2,1H3,(H,20,23). The first-order valence-corrected chi connectivity index (χ1v) is 8.22. The topological polar surface area (TPSA) is 56.0 Å². The van der Waals surface area contributed by atoms with Gasteiger partial charge in [-0.2, -0.15) is 0 Å². The molecule has 0 bridgehead atoms. The van der Waals surface area contributed by atoms with E-state index >= 15 is 0 Å². The fourth-order valence-electron chi connectivity index (χ4n) is 2.32. The minimum Gasteiger partial charge on any atom is -0.325 e. The maximum atomic E-state index is 12.4. The molecule has 1 heterocycles. The van der Waals surface area contributed by atoms with Crippen molar-refractivity contribution in [1.29, 1.82) is 0 Å². The third kappa shape index (κ3) is 3.65. The molecular weight excluding hydrogens is 370 g/mol. The Morgan fingerprint density at radius 3 is 2.38 bits per heavy atom.